The molecular formula is C30H37F3O2. The Balaban J connectivity index is 1.36. The van der Waals surface area contributed by atoms with Gasteiger partial charge in [-0.1, -0.05) is 37.8 Å². The molecule has 0 radical (unpaired) electrons. The first-order chi connectivity index (χ1) is 16.4. The average molecular weight is 487 g/mol. The summed E-state index contributed by atoms with van der Waals surface area (Å²) in [7, 11) is 0. The molecule has 8 atom stereocenters. The van der Waals surface area contributed by atoms with E-state index in [1.54, 1.807) is 13.0 Å². The van der Waals surface area contributed by atoms with E-state index in [9.17, 15) is 23.1 Å². The molecule has 4 aliphatic carbocycles. The highest BCUT2D eigenvalue weighted by Crippen LogP contribution is 2.68. The van der Waals surface area contributed by atoms with Gasteiger partial charge in [0, 0.05) is 11.5 Å². The maximum Gasteiger partial charge on any atom is 0.417 e. The van der Waals surface area contributed by atoms with E-state index in [2.05, 4.69) is 25.7 Å². The van der Waals surface area contributed by atoms with Crippen molar-refractivity contribution in [3.8, 4) is 11.8 Å². The molecule has 0 amide bonds. The van der Waals surface area contributed by atoms with Crippen LogP contribution in [0.25, 0.3) is 0 Å². The lowest BCUT2D eigenvalue weighted by atomic mass is 9.44. The maximum absolute atomic E-state index is 13.4. The van der Waals surface area contributed by atoms with Gasteiger partial charge in [-0.2, -0.15) is 13.2 Å². The molecule has 4 saturated carbocycles. The zero-order chi connectivity index (χ0) is 25.2. The maximum atomic E-state index is 13.4. The number of hydrogen-bond donors (Lipinski definition) is 1. The fourth-order valence-electron chi connectivity index (χ4n) is 9.05. The van der Waals surface area contributed by atoms with E-state index in [1.807, 2.05) is 0 Å². The van der Waals surface area contributed by atoms with Gasteiger partial charge in [0.2, 0.25) is 0 Å². The lowest BCUT2D eigenvalue weighted by Gasteiger charge is -2.61. The Morgan fingerprint density at radius 3 is 2.40 bits per heavy atom. The minimum Gasteiger partial charge on any atom is -0.378 e. The van der Waals surface area contributed by atoms with Crippen LogP contribution in [-0.2, 0) is 11.0 Å². The van der Waals surface area contributed by atoms with E-state index in [0.29, 0.717) is 42.3 Å². The van der Waals surface area contributed by atoms with Crippen LogP contribution >= 0.6 is 0 Å². The molecule has 5 rings (SSSR count). The quantitative estimate of drug-likeness (QED) is 0.433. The molecule has 1 unspecified atom stereocenters. The summed E-state index contributed by atoms with van der Waals surface area (Å²) in [6.45, 7) is 6.51. The van der Waals surface area contributed by atoms with Crippen molar-refractivity contribution in [2.45, 2.75) is 90.3 Å². The third-order valence-corrected chi connectivity index (χ3v) is 10.9. The number of fused-ring (bicyclic) bond motifs is 5. The monoisotopic (exact) mass is 486 g/mol. The van der Waals surface area contributed by atoms with Crippen molar-refractivity contribution >= 4 is 5.78 Å². The number of benzene rings is 1. The number of Topliss-reactive ketones (excluding diaryl/α,β-unsaturated/α-hetero) is 1. The first-order valence-corrected chi connectivity index (χ1v) is 13.3. The SMILES string of the molecule is CC(=O)[C@H]1CC[C@H]2[C@@H]3CCC4C[C@](O)(C#Cc5ccccc5C(F)(F)F)CC[C@]4(C)[C@H]3CC[C@]12C. The summed E-state index contributed by atoms with van der Waals surface area (Å²) >= 11 is 0. The minimum atomic E-state index is -4.46. The lowest BCUT2D eigenvalue weighted by molar-refractivity contribution is -0.144. The van der Waals surface area contributed by atoms with Crippen molar-refractivity contribution in [1.82, 2.24) is 0 Å². The number of aliphatic hydroxyl groups is 1. The van der Waals surface area contributed by atoms with Gasteiger partial charge < -0.3 is 5.11 Å². The number of rotatable bonds is 1. The van der Waals surface area contributed by atoms with Gasteiger partial charge >= 0.3 is 6.18 Å². The normalized spacial score (nSPS) is 42.8. The summed E-state index contributed by atoms with van der Waals surface area (Å²) < 4.78 is 40.1. The molecule has 35 heavy (non-hydrogen) atoms. The molecule has 0 aromatic heterocycles. The summed E-state index contributed by atoms with van der Waals surface area (Å²) in [5.41, 5.74) is -1.81. The van der Waals surface area contributed by atoms with Crippen molar-refractivity contribution in [2.75, 3.05) is 0 Å². The van der Waals surface area contributed by atoms with Crippen LogP contribution in [0.1, 0.15) is 89.7 Å². The van der Waals surface area contributed by atoms with Crippen molar-refractivity contribution < 1.29 is 23.1 Å². The molecule has 4 fully saturated rings. The number of alkyl halides is 3. The van der Waals surface area contributed by atoms with Crippen LogP contribution < -0.4 is 0 Å². The van der Waals surface area contributed by atoms with E-state index in [1.165, 1.54) is 12.1 Å². The molecule has 2 nitrogen and oxygen atoms in total. The van der Waals surface area contributed by atoms with Gasteiger partial charge in [-0.25, -0.2) is 0 Å². The molecular weight excluding hydrogens is 449 g/mol. The van der Waals surface area contributed by atoms with Gasteiger partial charge in [-0.3, -0.25) is 4.79 Å². The Hall–Kier alpha value is -1.80. The van der Waals surface area contributed by atoms with Crippen LogP contribution in [0.5, 0.6) is 0 Å². The summed E-state index contributed by atoms with van der Waals surface area (Å²) in [5, 5.41) is 11.4. The molecule has 1 N–H and O–H groups in total. The van der Waals surface area contributed by atoms with Crippen LogP contribution in [0.15, 0.2) is 24.3 Å². The highest BCUT2D eigenvalue weighted by atomic mass is 19.4. The van der Waals surface area contributed by atoms with Gasteiger partial charge in [0.1, 0.15) is 11.4 Å². The molecule has 4 aliphatic rings. The van der Waals surface area contributed by atoms with Crippen LogP contribution in [0.3, 0.4) is 0 Å². The van der Waals surface area contributed by atoms with E-state index in [4.69, 9.17) is 0 Å². The van der Waals surface area contributed by atoms with Crippen LogP contribution in [0.2, 0.25) is 0 Å². The average Bonchev–Trinajstić information content (AvgIpc) is 3.15. The van der Waals surface area contributed by atoms with E-state index < -0.39 is 17.3 Å². The Morgan fingerprint density at radius 2 is 1.69 bits per heavy atom. The second-order valence-corrected chi connectivity index (χ2v) is 12.5. The second kappa shape index (κ2) is 8.37. The van der Waals surface area contributed by atoms with Crippen molar-refractivity contribution in [3.05, 3.63) is 35.4 Å². The predicted octanol–water partition coefficient (Wildman–Crippen LogP) is 7.04. The van der Waals surface area contributed by atoms with Crippen LogP contribution in [-0.4, -0.2) is 16.5 Å². The number of carbonyl (C=O) groups excluding carboxylic acids is 1. The van der Waals surface area contributed by atoms with E-state index in [0.717, 1.165) is 51.0 Å². The standard InChI is InChI=1S/C30H37F3O2/c1-19(34)23-10-11-25-22-9-8-21-18-29(35,15-12-20-6-4-5-7-24(20)30(31,32)33)17-16-27(21,2)26(22)13-14-28(23,25)3/h4-7,21-23,25-26,35H,8-11,13-14,16-18H2,1-3H3/t21?,22-,23+,25-,26-,27-,28+,29-/m0/s1. The largest absolute Gasteiger partial charge is 0.417 e. The van der Waals surface area contributed by atoms with Crippen molar-refractivity contribution in [3.63, 3.8) is 0 Å². The molecule has 1 aromatic rings. The summed E-state index contributed by atoms with van der Waals surface area (Å²) in [6.07, 6.45) is 3.98. The topological polar surface area (TPSA) is 37.3 Å². The first kappa shape index (κ1) is 24.9. The fraction of sp³-hybridized carbons (Fsp3) is 0.700. The molecule has 0 bridgehead atoms. The Kier molecular flexibility index (Phi) is 5.95. The first-order valence-electron chi connectivity index (χ1n) is 13.3. The smallest absolute Gasteiger partial charge is 0.378 e. The summed E-state index contributed by atoms with van der Waals surface area (Å²) in [5.74, 6) is 8.27. The zero-order valence-electron chi connectivity index (χ0n) is 21.0. The molecule has 0 heterocycles. The molecule has 190 valence electrons. The number of hydrogen-bond acceptors (Lipinski definition) is 2. The molecule has 1 aromatic carbocycles. The highest BCUT2D eigenvalue weighted by molar-refractivity contribution is 5.79. The van der Waals surface area contributed by atoms with E-state index >= 15 is 0 Å². The third kappa shape index (κ3) is 4.05. The molecule has 0 saturated heterocycles. The van der Waals surface area contributed by atoms with Gasteiger partial charge in [0.25, 0.3) is 0 Å². The Bertz CT molecular complexity index is 1070. The van der Waals surface area contributed by atoms with Crippen LogP contribution in [0, 0.1) is 52.3 Å². The molecule has 0 spiro atoms. The second-order valence-electron chi connectivity index (χ2n) is 12.5. The zero-order valence-corrected chi connectivity index (χ0v) is 21.0. The Labute approximate surface area is 207 Å². The number of halogens is 3. The third-order valence-electron chi connectivity index (χ3n) is 10.9. The predicted molar refractivity (Wildman–Crippen MR) is 129 cm³/mol. The highest BCUT2D eigenvalue weighted by Gasteiger charge is 2.61. The van der Waals surface area contributed by atoms with Crippen LogP contribution in [0.4, 0.5) is 13.2 Å². The fourth-order valence-corrected chi connectivity index (χ4v) is 9.05. The number of ketones is 1. The molecule has 5 heteroatoms. The van der Waals surface area contributed by atoms with Crippen molar-refractivity contribution in [1.29, 1.82) is 0 Å². The van der Waals surface area contributed by atoms with Gasteiger partial charge in [0.15, 0.2) is 0 Å². The summed E-state index contributed by atoms with van der Waals surface area (Å²) in [4.78, 5) is 12.4. The van der Waals surface area contributed by atoms with Crippen molar-refractivity contribution in [2.24, 2.45) is 40.4 Å². The molecule has 0 aliphatic heterocycles. The Morgan fingerprint density at radius 1 is 0.971 bits per heavy atom. The van der Waals surface area contributed by atoms with Gasteiger partial charge in [-0.15, -0.1) is 0 Å². The van der Waals surface area contributed by atoms with Gasteiger partial charge in [-0.05, 0) is 111 Å². The lowest BCUT2D eigenvalue weighted by Crippen LogP contribution is -2.56. The number of carbonyl (C=O) groups is 1. The summed E-state index contributed by atoms with van der Waals surface area (Å²) in [6, 6.07) is 5.35. The van der Waals surface area contributed by atoms with E-state index in [-0.39, 0.29) is 22.3 Å². The minimum absolute atomic E-state index is 0.0710. The van der Waals surface area contributed by atoms with Gasteiger partial charge in [0.05, 0.1) is 5.56 Å².